The van der Waals surface area contributed by atoms with Gasteiger partial charge in [0.2, 0.25) is 0 Å². The molecule has 0 aromatic heterocycles. The van der Waals surface area contributed by atoms with Gasteiger partial charge in [0, 0.05) is 13.4 Å². The molecule has 0 heterocycles. The zero-order valence-corrected chi connectivity index (χ0v) is 9.22. The molecule has 0 saturated heterocycles. The van der Waals surface area contributed by atoms with Crippen LogP contribution in [0, 0.1) is 5.92 Å². The molecule has 0 spiro atoms. The van der Waals surface area contributed by atoms with Crippen LogP contribution in [0.4, 0.5) is 0 Å². The smallest absolute Gasteiger partial charge is 0.311 e. The number of carbonyl (C=O) groups excluding carboxylic acids is 1. The lowest BCUT2D eigenvalue weighted by Crippen LogP contribution is -2.31. The highest BCUT2D eigenvalue weighted by molar-refractivity contribution is 7.93. The van der Waals surface area contributed by atoms with Gasteiger partial charge >= 0.3 is 5.97 Å². The van der Waals surface area contributed by atoms with E-state index < -0.39 is 0 Å². The molecule has 0 saturated carbocycles. The maximum Gasteiger partial charge on any atom is 0.311 e. The van der Waals surface area contributed by atoms with Gasteiger partial charge in [-0.15, -0.1) is 0 Å². The molecule has 0 bridgehead atoms. The van der Waals surface area contributed by atoms with Crippen molar-refractivity contribution in [3.63, 3.8) is 0 Å². The molecule has 13 heavy (non-hydrogen) atoms. The number of ether oxygens (including phenoxy) is 2. The summed E-state index contributed by atoms with van der Waals surface area (Å²) in [7, 11) is 2.93. The summed E-state index contributed by atoms with van der Waals surface area (Å²) in [5, 5.41) is 0. The van der Waals surface area contributed by atoms with E-state index in [1.54, 1.807) is 20.3 Å². The molecule has 0 aromatic carbocycles. The second kappa shape index (κ2) is 7.17. The summed E-state index contributed by atoms with van der Waals surface area (Å²) in [6.45, 7) is 2.14. The van der Waals surface area contributed by atoms with Crippen LogP contribution in [-0.4, -0.2) is 39.2 Å². The summed E-state index contributed by atoms with van der Waals surface area (Å²) in [6.07, 6.45) is 1.54. The van der Waals surface area contributed by atoms with Gasteiger partial charge in [-0.25, -0.2) is 0 Å². The van der Waals surface area contributed by atoms with Gasteiger partial charge in [0.05, 0.1) is 19.6 Å². The summed E-state index contributed by atoms with van der Waals surface area (Å²) in [5.74, 6) is -0.589. The first-order valence-electron chi connectivity index (χ1n) is 3.93. The molecule has 5 heteroatoms. The maximum atomic E-state index is 11.1. The van der Waals surface area contributed by atoms with E-state index in [0.717, 1.165) is 0 Å². The molecule has 0 radical (unpaired) electrons. The van der Waals surface area contributed by atoms with Gasteiger partial charge in [0.1, 0.15) is 6.10 Å². The SMILES string of the molecule is COC[C@@H](OSC)[C@H](C)C(=O)OC. The second-order valence-corrected chi connectivity index (χ2v) is 3.09. The van der Waals surface area contributed by atoms with Crippen LogP contribution < -0.4 is 0 Å². The molecular formula is C8H16O4S. The molecule has 0 amide bonds. The number of hydrogen-bond donors (Lipinski definition) is 0. The van der Waals surface area contributed by atoms with E-state index in [4.69, 9.17) is 8.92 Å². The highest BCUT2D eigenvalue weighted by Crippen LogP contribution is 2.14. The molecule has 0 fully saturated rings. The number of rotatable bonds is 6. The Bertz CT molecular complexity index is 145. The third-order valence-corrected chi connectivity index (χ3v) is 2.12. The predicted octanol–water partition coefficient (Wildman–Crippen LogP) is 1.11. The van der Waals surface area contributed by atoms with Gasteiger partial charge in [-0.3, -0.25) is 4.79 Å². The first-order valence-corrected chi connectivity index (χ1v) is 5.08. The summed E-state index contributed by atoms with van der Waals surface area (Å²) < 4.78 is 14.8. The van der Waals surface area contributed by atoms with E-state index in [9.17, 15) is 4.79 Å². The van der Waals surface area contributed by atoms with Crippen molar-refractivity contribution in [3.05, 3.63) is 0 Å². The van der Waals surface area contributed by atoms with Crippen molar-refractivity contribution in [2.45, 2.75) is 13.0 Å². The summed E-state index contributed by atoms with van der Waals surface area (Å²) in [6, 6.07) is 0. The van der Waals surface area contributed by atoms with Gasteiger partial charge in [-0.1, -0.05) is 0 Å². The van der Waals surface area contributed by atoms with E-state index in [1.807, 2.05) is 0 Å². The van der Waals surface area contributed by atoms with Crippen molar-refractivity contribution in [3.8, 4) is 0 Å². The van der Waals surface area contributed by atoms with Crippen molar-refractivity contribution < 1.29 is 18.5 Å². The van der Waals surface area contributed by atoms with Crippen LogP contribution in [0.5, 0.6) is 0 Å². The molecular weight excluding hydrogens is 192 g/mol. The van der Waals surface area contributed by atoms with Crippen LogP contribution in [0.15, 0.2) is 0 Å². The molecule has 0 aliphatic carbocycles. The molecule has 2 atom stereocenters. The Labute approximate surface area is 83.1 Å². The van der Waals surface area contributed by atoms with Crippen molar-refractivity contribution >= 4 is 18.0 Å². The molecule has 0 unspecified atom stereocenters. The van der Waals surface area contributed by atoms with Crippen molar-refractivity contribution in [2.24, 2.45) is 5.92 Å². The molecule has 0 aliphatic heterocycles. The standard InChI is InChI=1S/C8H16O4S/c1-6(8(9)11-3)7(5-10-2)12-13-4/h6-7H,5H2,1-4H3/t6-,7+/m0/s1. The Balaban J connectivity index is 4.08. The van der Waals surface area contributed by atoms with Crippen molar-refractivity contribution in [1.82, 2.24) is 0 Å². The number of carbonyl (C=O) groups is 1. The van der Waals surface area contributed by atoms with Gasteiger partial charge in [-0.2, -0.15) is 0 Å². The third-order valence-electron chi connectivity index (χ3n) is 1.68. The zero-order chi connectivity index (χ0) is 10.3. The number of methoxy groups -OCH3 is 2. The quantitative estimate of drug-likeness (QED) is 0.483. The first kappa shape index (κ1) is 12.7. The monoisotopic (exact) mass is 208 g/mol. The normalized spacial score (nSPS) is 15.1. The summed E-state index contributed by atoms with van der Waals surface area (Å²) in [5.41, 5.74) is 0. The largest absolute Gasteiger partial charge is 0.469 e. The second-order valence-electron chi connectivity index (χ2n) is 2.57. The van der Waals surface area contributed by atoms with E-state index in [0.29, 0.717) is 6.61 Å². The Morgan fingerprint density at radius 1 is 1.46 bits per heavy atom. The first-order chi connectivity index (χ1) is 6.17. The molecule has 0 aromatic rings. The minimum absolute atomic E-state index is 0.257. The highest BCUT2D eigenvalue weighted by atomic mass is 32.2. The minimum atomic E-state index is -0.308. The lowest BCUT2D eigenvalue weighted by atomic mass is 10.1. The van der Waals surface area contributed by atoms with Gasteiger partial charge < -0.3 is 13.7 Å². The fraction of sp³-hybridized carbons (Fsp3) is 0.875. The van der Waals surface area contributed by atoms with E-state index >= 15 is 0 Å². The van der Waals surface area contributed by atoms with E-state index in [-0.39, 0.29) is 18.0 Å². The maximum absolute atomic E-state index is 11.1. The third kappa shape index (κ3) is 4.50. The average molecular weight is 208 g/mol. The van der Waals surface area contributed by atoms with Crippen LogP contribution in [-0.2, 0) is 18.5 Å². The number of esters is 1. The molecule has 4 nitrogen and oxygen atoms in total. The topological polar surface area (TPSA) is 44.8 Å². The van der Waals surface area contributed by atoms with Crippen LogP contribution in [0.2, 0.25) is 0 Å². The van der Waals surface area contributed by atoms with Gasteiger partial charge in [0.15, 0.2) is 0 Å². The van der Waals surface area contributed by atoms with Crippen molar-refractivity contribution in [2.75, 3.05) is 27.1 Å². The Morgan fingerprint density at radius 2 is 2.08 bits per heavy atom. The number of hydrogen-bond acceptors (Lipinski definition) is 5. The van der Waals surface area contributed by atoms with E-state index in [2.05, 4.69) is 4.74 Å². The fourth-order valence-corrected chi connectivity index (χ4v) is 1.35. The highest BCUT2D eigenvalue weighted by Gasteiger charge is 2.25. The molecule has 0 rings (SSSR count). The Hall–Kier alpha value is -0.260. The minimum Gasteiger partial charge on any atom is -0.469 e. The molecule has 0 aliphatic rings. The fourth-order valence-electron chi connectivity index (χ4n) is 0.881. The van der Waals surface area contributed by atoms with E-state index in [1.165, 1.54) is 19.2 Å². The Kier molecular flexibility index (Phi) is 7.03. The van der Waals surface area contributed by atoms with Crippen LogP contribution in [0.1, 0.15) is 6.92 Å². The zero-order valence-electron chi connectivity index (χ0n) is 8.40. The lowest BCUT2D eigenvalue weighted by Gasteiger charge is -2.19. The van der Waals surface area contributed by atoms with Gasteiger partial charge in [0.25, 0.3) is 0 Å². The summed E-state index contributed by atoms with van der Waals surface area (Å²) in [4.78, 5) is 11.1. The van der Waals surface area contributed by atoms with Gasteiger partial charge in [-0.05, 0) is 19.0 Å². The lowest BCUT2D eigenvalue weighted by molar-refractivity contribution is -0.148. The van der Waals surface area contributed by atoms with Crippen molar-refractivity contribution in [1.29, 1.82) is 0 Å². The van der Waals surface area contributed by atoms with Crippen LogP contribution in [0.3, 0.4) is 0 Å². The predicted molar refractivity (Wildman–Crippen MR) is 51.4 cm³/mol. The summed E-state index contributed by atoms with van der Waals surface area (Å²) >= 11 is 1.22. The Morgan fingerprint density at radius 3 is 2.46 bits per heavy atom. The van der Waals surface area contributed by atoms with Crippen LogP contribution in [0.25, 0.3) is 0 Å². The average Bonchev–Trinajstić information content (AvgIpc) is 2.15. The molecule has 78 valence electrons. The molecule has 0 N–H and O–H groups in total. The van der Waals surface area contributed by atoms with Crippen LogP contribution >= 0.6 is 12.0 Å².